The van der Waals surface area contributed by atoms with Crippen LogP contribution < -0.4 is 0 Å². The zero-order chi connectivity index (χ0) is 14.7. The molecule has 0 spiro atoms. The molecule has 2 aromatic carbocycles. The lowest BCUT2D eigenvalue weighted by atomic mass is 10.1. The average Bonchev–Trinajstić information content (AvgIpc) is 2.42. The van der Waals surface area contributed by atoms with Crippen LogP contribution in [0.3, 0.4) is 0 Å². The molecular formula is C14H8F4OS. The molecule has 1 nitrogen and oxygen atoms in total. The number of halogens is 4. The van der Waals surface area contributed by atoms with E-state index in [0.29, 0.717) is 0 Å². The summed E-state index contributed by atoms with van der Waals surface area (Å²) in [6, 6.07) is 5.66. The number of Topliss-reactive ketones (excluding diaryl/α,β-unsaturated/α-hetero) is 1. The Bertz CT molecular complexity index is 658. The van der Waals surface area contributed by atoms with E-state index in [1.54, 1.807) is 0 Å². The molecule has 0 aliphatic heterocycles. The number of ketones is 1. The van der Waals surface area contributed by atoms with Crippen LogP contribution in [0, 0.1) is 23.3 Å². The third-order valence-electron chi connectivity index (χ3n) is 2.49. The third-order valence-corrected chi connectivity index (χ3v) is 3.52. The normalized spacial score (nSPS) is 10.6. The number of carbonyl (C=O) groups is 1. The Morgan fingerprint density at radius 2 is 1.60 bits per heavy atom. The standard InChI is InChI=1S/C14H8F4OS/c15-9-2-4-11(17)14(6-9)20-7-13(19)8-1-3-10(16)12(18)5-8/h1-6H,7H2. The molecule has 0 N–H and O–H groups in total. The van der Waals surface area contributed by atoms with Gasteiger partial charge in [0.2, 0.25) is 0 Å². The van der Waals surface area contributed by atoms with Crippen LogP contribution >= 0.6 is 11.8 Å². The van der Waals surface area contributed by atoms with Crippen molar-refractivity contribution in [2.24, 2.45) is 0 Å². The van der Waals surface area contributed by atoms with Gasteiger partial charge in [0.1, 0.15) is 11.6 Å². The second kappa shape index (κ2) is 6.09. The molecule has 0 bridgehead atoms. The van der Waals surface area contributed by atoms with Crippen molar-refractivity contribution in [3.63, 3.8) is 0 Å². The minimum absolute atomic E-state index is 0.0130. The van der Waals surface area contributed by atoms with Gasteiger partial charge >= 0.3 is 0 Å². The Morgan fingerprint density at radius 3 is 2.30 bits per heavy atom. The van der Waals surface area contributed by atoms with Crippen molar-refractivity contribution in [3.05, 3.63) is 65.2 Å². The first-order valence-electron chi connectivity index (χ1n) is 5.53. The van der Waals surface area contributed by atoms with Gasteiger partial charge in [-0.05, 0) is 36.4 Å². The molecule has 0 aliphatic carbocycles. The molecule has 0 fully saturated rings. The summed E-state index contributed by atoms with van der Waals surface area (Å²) in [5, 5.41) is 0. The fourth-order valence-corrected chi connectivity index (χ4v) is 2.34. The second-order valence-electron chi connectivity index (χ2n) is 3.92. The fourth-order valence-electron chi connectivity index (χ4n) is 1.48. The van der Waals surface area contributed by atoms with Gasteiger partial charge < -0.3 is 0 Å². The Morgan fingerprint density at radius 1 is 0.900 bits per heavy atom. The monoisotopic (exact) mass is 300 g/mol. The molecule has 0 atom stereocenters. The number of hydrogen-bond acceptors (Lipinski definition) is 2. The van der Waals surface area contributed by atoms with Crippen LogP contribution in [-0.2, 0) is 0 Å². The van der Waals surface area contributed by atoms with Crippen molar-refractivity contribution in [1.29, 1.82) is 0 Å². The lowest BCUT2D eigenvalue weighted by Gasteiger charge is -2.04. The Kier molecular flexibility index (Phi) is 4.44. The first-order valence-corrected chi connectivity index (χ1v) is 6.52. The van der Waals surface area contributed by atoms with Crippen LogP contribution in [0.15, 0.2) is 41.3 Å². The van der Waals surface area contributed by atoms with E-state index in [9.17, 15) is 22.4 Å². The number of carbonyl (C=O) groups excluding carboxylic acids is 1. The summed E-state index contributed by atoms with van der Waals surface area (Å²) in [5.41, 5.74) is -0.0202. The predicted octanol–water partition coefficient (Wildman–Crippen LogP) is 4.22. The zero-order valence-electron chi connectivity index (χ0n) is 10.00. The predicted molar refractivity (Wildman–Crippen MR) is 67.8 cm³/mol. The van der Waals surface area contributed by atoms with E-state index in [1.807, 2.05) is 0 Å². The van der Waals surface area contributed by atoms with Gasteiger partial charge in [0.15, 0.2) is 17.4 Å². The maximum absolute atomic E-state index is 13.3. The first-order chi connectivity index (χ1) is 9.47. The van der Waals surface area contributed by atoms with Crippen molar-refractivity contribution >= 4 is 17.5 Å². The highest BCUT2D eigenvalue weighted by molar-refractivity contribution is 8.00. The molecule has 20 heavy (non-hydrogen) atoms. The highest BCUT2D eigenvalue weighted by Crippen LogP contribution is 2.23. The van der Waals surface area contributed by atoms with Gasteiger partial charge in [-0.1, -0.05) is 0 Å². The van der Waals surface area contributed by atoms with E-state index in [2.05, 4.69) is 0 Å². The summed E-state index contributed by atoms with van der Waals surface area (Å²) in [6.45, 7) is 0. The summed E-state index contributed by atoms with van der Waals surface area (Å²) in [6.07, 6.45) is 0. The maximum atomic E-state index is 13.3. The molecular weight excluding hydrogens is 292 g/mol. The lowest BCUT2D eigenvalue weighted by molar-refractivity contribution is 0.102. The van der Waals surface area contributed by atoms with Crippen molar-refractivity contribution in [2.45, 2.75) is 4.90 Å². The van der Waals surface area contributed by atoms with Crippen molar-refractivity contribution in [2.75, 3.05) is 5.75 Å². The van der Waals surface area contributed by atoms with Crippen molar-refractivity contribution < 1.29 is 22.4 Å². The number of hydrogen-bond donors (Lipinski definition) is 0. The van der Waals surface area contributed by atoms with Crippen LogP contribution in [-0.4, -0.2) is 11.5 Å². The van der Waals surface area contributed by atoms with E-state index >= 15 is 0 Å². The summed E-state index contributed by atoms with van der Waals surface area (Å²) >= 11 is 0.793. The van der Waals surface area contributed by atoms with Gasteiger partial charge in [-0.25, -0.2) is 17.6 Å². The van der Waals surface area contributed by atoms with Gasteiger partial charge in [0.25, 0.3) is 0 Å². The molecule has 2 rings (SSSR count). The van der Waals surface area contributed by atoms with Crippen LogP contribution in [0.5, 0.6) is 0 Å². The molecule has 0 radical (unpaired) electrons. The van der Waals surface area contributed by atoms with Crippen molar-refractivity contribution in [3.8, 4) is 0 Å². The van der Waals surface area contributed by atoms with E-state index < -0.39 is 29.1 Å². The highest BCUT2D eigenvalue weighted by atomic mass is 32.2. The Labute approximate surface area is 116 Å². The molecule has 0 unspecified atom stereocenters. The Hall–Kier alpha value is -1.82. The lowest BCUT2D eigenvalue weighted by Crippen LogP contribution is -2.04. The summed E-state index contributed by atoms with van der Waals surface area (Å²) in [4.78, 5) is 11.7. The number of benzene rings is 2. The van der Waals surface area contributed by atoms with Crippen LogP contribution in [0.1, 0.15) is 10.4 Å². The minimum atomic E-state index is -1.13. The Balaban J connectivity index is 2.08. The van der Waals surface area contributed by atoms with Crippen LogP contribution in [0.25, 0.3) is 0 Å². The topological polar surface area (TPSA) is 17.1 Å². The van der Waals surface area contributed by atoms with E-state index in [4.69, 9.17) is 0 Å². The highest BCUT2D eigenvalue weighted by Gasteiger charge is 2.12. The fraction of sp³-hybridized carbons (Fsp3) is 0.0714. The third kappa shape index (κ3) is 3.39. The molecule has 0 amide bonds. The van der Waals surface area contributed by atoms with E-state index in [1.165, 1.54) is 0 Å². The van der Waals surface area contributed by atoms with Gasteiger partial charge in [-0.3, -0.25) is 4.79 Å². The average molecular weight is 300 g/mol. The van der Waals surface area contributed by atoms with E-state index in [0.717, 1.165) is 48.2 Å². The molecule has 0 saturated heterocycles. The zero-order valence-corrected chi connectivity index (χ0v) is 10.8. The largest absolute Gasteiger partial charge is 0.293 e. The summed E-state index contributed by atoms with van der Waals surface area (Å²) in [5.74, 6) is -4.14. The van der Waals surface area contributed by atoms with E-state index in [-0.39, 0.29) is 16.2 Å². The molecule has 0 aliphatic rings. The first kappa shape index (κ1) is 14.6. The molecule has 0 heterocycles. The van der Waals surface area contributed by atoms with Crippen molar-refractivity contribution in [1.82, 2.24) is 0 Å². The minimum Gasteiger partial charge on any atom is -0.293 e. The van der Waals surface area contributed by atoms with Crippen LogP contribution in [0.4, 0.5) is 17.6 Å². The molecule has 6 heteroatoms. The molecule has 104 valence electrons. The van der Waals surface area contributed by atoms with Gasteiger partial charge in [-0.15, -0.1) is 11.8 Å². The smallest absolute Gasteiger partial charge is 0.173 e. The maximum Gasteiger partial charge on any atom is 0.173 e. The number of thioether (sulfide) groups is 1. The quantitative estimate of drug-likeness (QED) is 0.478. The van der Waals surface area contributed by atoms with Gasteiger partial charge in [0.05, 0.1) is 5.75 Å². The second-order valence-corrected chi connectivity index (χ2v) is 4.93. The van der Waals surface area contributed by atoms with Crippen LogP contribution in [0.2, 0.25) is 0 Å². The van der Waals surface area contributed by atoms with Gasteiger partial charge in [0, 0.05) is 10.5 Å². The SMILES string of the molecule is O=C(CSc1cc(F)ccc1F)c1ccc(F)c(F)c1. The van der Waals surface area contributed by atoms with Gasteiger partial charge in [-0.2, -0.15) is 0 Å². The summed E-state index contributed by atoms with van der Waals surface area (Å²) < 4.78 is 52.0. The summed E-state index contributed by atoms with van der Waals surface area (Å²) in [7, 11) is 0. The molecule has 0 saturated carbocycles. The molecule has 0 aromatic heterocycles. The molecule has 2 aromatic rings. The number of rotatable bonds is 4.